The summed E-state index contributed by atoms with van der Waals surface area (Å²) < 4.78 is 0. The number of hydrogen-bond donors (Lipinski definition) is 1. The number of carboxylic acid groups (broad SMARTS) is 1. The Morgan fingerprint density at radius 1 is 1.24 bits per heavy atom. The third kappa shape index (κ3) is 4.63. The lowest BCUT2D eigenvalue weighted by Gasteiger charge is -2.38. The summed E-state index contributed by atoms with van der Waals surface area (Å²) in [5.74, 6) is -1.06. The van der Waals surface area contributed by atoms with Gasteiger partial charge in [-0.1, -0.05) is 24.3 Å². The number of nitrogens with zero attached hydrogens (tertiary/aromatic N) is 2. The first-order valence-electron chi connectivity index (χ1n) is 6.74. The van der Waals surface area contributed by atoms with Crippen LogP contribution in [0.15, 0.2) is 43.0 Å². The highest BCUT2D eigenvalue weighted by Crippen LogP contribution is 2.20. The predicted octanol–water partition coefficient (Wildman–Crippen LogP) is 2.98. The predicted molar refractivity (Wildman–Crippen MR) is 83.5 cm³/mol. The first kappa shape index (κ1) is 16.8. The number of para-hydroxylation sites is 1. The number of benzene rings is 1. The van der Waals surface area contributed by atoms with Gasteiger partial charge in [0.15, 0.2) is 0 Å². The second-order valence-corrected chi connectivity index (χ2v) is 5.67. The normalized spacial score (nSPS) is 10.8. The van der Waals surface area contributed by atoms with Gasteiger partial charge in [0.2, 0.25) is 0 Å². The molecule has 1 N–H and O–H groups in total. The van der Waals surface area contributed by atoms with E-state index in [0.29, 0.717) is 12.2 Å². The largest absolute Gasteiger partial charge is 0.480 e. The Morgan fingerprint density at radius 2 is 1.81 bits per heavy atom. The molecule has 0 heterocycles. The van der Waals surface area contributed by atoms with Crippen molar-refractivity contribution >= 4 is 17.7 Å². The van der Waals surface area contributed by atoms with Gasteiger partial charge < -0.3 is 10.0 Å². The fourth-order valence-corrected chi connectivity index (χ4v) is 1.93. The molecule has 0 radical (unpaired) electrons. The van der Waals surface area contributed by atoms with Gasteiger partial charge in [-0.05, 0) is 32.9 Å². The fourth-order valence-electron chi connectivity index (χ4n) is 1.93. The minimum Gasteiger partial charge on any atom is -0.480 e. The van der Waals surface area contributed by atoms with E-state index < -0.39 is 11.5 Å². The molecule has 1 rings (SSSR count). The van der Waals surface area contributed by atoms with Crippen LogP contribution >= 0.6 is 0 Å². The van der Waals surface area contributed by atoms with Gasteiger partial charge in [0.1, 0.15) is 6.54 Å². The highest BCUT2D eigenvalue weighted by atomic mass is 16.4. The van der Waals surface area contributed by atoms with Crippen molar-refractivity contribution in [2.75, 3.05) is 18.0 Å². The number of carbonyl (C=O) groups excluding carboxylic acids is 1. The van der Waals surface area contributed by atoms with Crippen LogP contribution in [0.1, 0.15) is 20.8 Å². The molecule has 0 unspecified atom stereocenters. The maximum Gasteiger partial charge on any atom is 0.325 e. The molecule has 0 aliphatic heterocycles. The molecule has 5 nitrogen and oxygen atoms in total. The molecule has 0 bridgehead atoms. The lowest BCUT2D eigenvalue weighted by atomic mass is 10.1. The number of amides is 2. The van der Waals surface area contributed by atoms with E-state index in [1.807, 2.05) is 26.8 Å². The standard InChI is InChI=1S/C16H22N2O3/c1-5-11-18(16(2,3)4)15(21)17(12-14(19)20)13-9-7-6-8-10-13/h5-10H,1,11-12H2,2-4H3,(H,19,20). The molecule has 2 amide bonds. The van der Waals surface area contributed by atoms with Crippen molar-refractivity contribution in [2.45, 2.75) is 26.3 Å². The van der Waals surface area contributed by atoms with Crippen LogP contribution in [-0.4, -0.2) is 40.6 Å². The zero-order valence-electron chi connectivity index (χ0n) is 12.7. The smallest absolute Gasteiger partial charge is 0.325 e. The van der Waals surface area contributed by atoms with Crippen molar-refractivity contribution in [3.63, 3.8) is 0 Å². The second-order valence-electron chi connectivity index (χ2n) is 5.67. The van der Waals surface area contributed by atoms with E-state index in [-0.39, 0.29) is 12.6 Å². The van der Waals surface area contributed by atoms with Crippen LogP contribution < -0.4 is 4.90 Å². The lowest BCUT2D eigenvalue weighted by Crippen LogP contribution is -2.53. The van der Waals surface area contributed by atoms with Crippen molar-refractivity contribution in [1.82, 2.24) is 4.90 Å². The topological polar surface area (TPSA) is 60.9 Å². The number of urea groups is 1. The van der Waals surface area contributed by atoms with Crippen LogP contribution in [0.2, 0.25) is 0 Å². The summed E-state index contributed by atoms with van der Waals surface area (Å²) in [7, 11) is 0. The molecule has 21 heavy (non-hydrogen) atoms. The number of anilines is 1. The minimum atomic E-state index is -1.06. The van der Waals surface area contributed by atoms with Crippen LogP contribution in [0, 0.1) is 0 Å². The maximum atomic E-state index is 12.8. The molecule has 5 heteroatoms. The highest BCUT2D eigenvalue weighted by molar-refractivity contribution is 5.96. The average Bonchev–Trinajstić information content (AvgIpc) is 2.41. The van der Waals surface area contributed by atoms with Gasteiger partial charge in [-0.15, -0.1) is 6.58 Å². The second kappa shape index (κ2) is 6.92. The molecular formula is C16H22N2O3. The first-order chi connectivity index (χ1) is 9.77. The van der Waals surface area contributed by atoms with E-state index in [4.69, 9.17) is 5.11 Å². The quantitative estimate of drug-likeness (QED) is 0.848. The molecule has 0 saturated heterocycles. The van der Waals surface area contributed by atoms with E-state index in [1.165, 1.54) is 4.90 Å². The van der Waals surface area contributed by atoms with Crippen LogP contribution in [-0.2, 0) is 4.79 Å². The summed E-state index contributed by atoms with van der Waals surface area (Å²) in [4.78, 5) is 26.7. The van der Waals surface area contributed by atoms with E-state index in [2.05, 4.69) is 6.58 Å². The molecule has 0 atom stereocenters. The number of carboxylic acids is 1. The Hall–Kier alpha value is -2.30. The summed E-state index contributed by atoms with van der Waals surface area (Å²) >= 11 is 0. The maximum absolute atomic E-state index is 12.8. The molecule has 0 aliphatic carbocycles. The monoisotopic (exact) mass is 290 g/mol. The van der Waals surface area contributed by atoms with Crippen LogP contribution in [0.3, 0.4) is 0 Å². The SMILES string of the molecule is C=CCN(C(=O)N(CC(=O)O)c1ccccc1)C(C)(C)C. The van der Waals surface area contributed by atoms with E-state index in [1.54, 1.807) is 35.2 Å². The van der Waals surface area contributed by atoms with Crippen molar-refractivity contribution in [2.24, 2.45) is 0 Å². The van der Waals surface area contributed by atoms with Crippen LogP contribution in [0.5, 0.6) is 0 Å². The molecule has 0 aromatic heterocycles. The van der Waals surface area contributed by atoms with Gasteiger partial charge in [-0.25, -0.2) is 4.79 Å². The summed E-state index contributed by atoms with van der Waals surface area (Å²) in [5, 5.41) is 9.08. The number of carbonyl (C=O) groups is 2. The van der Waals surface area contributed by atoms with Gasteiger partial charge in [0.25, 0.3) is 0 Å². The number of rotatable bonds is 5. The molecule has 1 aromatic carbocycles. The van der Waals surface area contributed by atoms with Crippen LogP contribution in [0.25, 0.3) is 0 Å². The van der Waals surface area contributed by atoms with Gasteiger partial charge in [-0.3, -0.25) is 9.69 Å². The minimum absolute atomic E-state index is 0.351. The van der Waals surface area contributed by atoms with Crippen molar-refractivity contribution in [3.8, 4) is 0 Å². The van der Waals surface area contributed by atoms with Gasteiger partial charge in [0, 0.05) is 17.8 Å². The molecule has 0 saturated carbocycles. The van der Waals surface area contributed by atoms with Gasteiger partial charge in [-0.2, -0.15) is 0 Å². The summed E-state index contributed by atoms with van der Waals surface area (Å²) in [5.41, 5.74) is 0.125. The third-order valence-corrected chi connectivity index (χ3v) is 2.94. The van der Waals surface area contributed by atoms with Gasteiger partial charge >= 0.3 is 12.0 Å². The summed E-state index contributed by atoms with van der Waals surface area (Å²) in [6.45, 7) is 9.33. The molecule has 0 spiro atoms. The van der Waals surface area contributed by atoms with Crippen molar-refractivity contribution in [1.29, 1.82) is 0 Å². The van der Waals surface area contributed by atoms with Crippen molar-refractivity contribution in [3.05, 3.63) is 43.0 Å². The Kier molecular flexibility index (Phi) is 5.52. The fraction of sp³-hybridized carbons (Fsp3) is 0.375. The molecular weight excluding hydrogens is 268 g/mol. The zero-order valence-corrected chi connectivity index (χ0v) is 12.7. The van der Waals surface area contributed by atoms with Gasteiger partial charge in [0.05, 0.1) is 0 Å². The molecule has 0 aliphatic rings. The molecule has 114 valence electrons. The Balaban J connectivity index is 3.15. The molecule has 0 fully saturated rings. The Bertz CT molecular complexity index is 506. The molecule has 1 aromatic rings. The summed E-state index contributed by atoms with van der Waals surface area (Å²) in [6.07, 6.45) is 1.63. The average molecular weight is 290 g/mol. The third-order valence-electron chi connectivity index (χ3n) is 2.94. The van der Waals surface area contributed by atoms with E-state index in [9.17, 15) is 9.59 Å². The number of hydrogen-bond acceptors (Lipinski definition) is 2. The Labute approximate surface area is 125 Å². The highest BCUT2D eigenvalue weighted by Gasteiger charge is 2.30. The summed E-state index contributed by atoms with van der Waals surface area (Å²) in [6, 6.07) is 8.44. The Morgan fingerprint density at radius 3 is 2.24 bits per heavy atom. The first-order valence-corrected chi connectivity index (χ1v) is 6.74. The van der Waals surface area contributed by atoms with Crippen LogP contribution in [0.4, 0.5) is 10.5 Å². The van der Waals surface area contributed by atoms with E-state index >= 15 is 0 Å². The van der Waals surface area contributed by atoms with E-state index in [0.717, 1.165) is 0 Å². The lowest BCUT2D eigenvalue weighted by molar-refractivity contribution is -0.135. The zero-order chi connectivity index (χ0) is 16.0. The van der Waals surface area contributed by atoms with Crippen molar-refractivity contribution < 1.29 is 14.7 Å². The number of aliphatic carboxylic acids is 1.